The van der Waals surface area contributed by atoms with Gasteiger partial charge in [0.2, 0.25) is 17.7 Å². The predicted molar refractivity (Wildman–Crippen MR) is 129 cm³/mol. The third kappa shape index (κ3) is 4.54. The summed E-state index contributed by atoms with van der Waals surface area (Å²) in [7, 11) is 0. The predicted octanol–water partition coefficient (Wildman–Crippen LogP) is 4.93. The van der Waals surface area contributed by atoms with E-state index in [-0.39, 0.29) is 12.5 Å². The number of anilines is 1. The number of amides is 1. The molecule has 1 fully saturated rings. The van der Waals surface area contributed by atoms with Crippen LogP contribution in [-0.2, 0) is 17.9 Å². The number of carbonyl (C=O) groups excluding carboxylic acids is 1. The van der Waals surface area contributed by atoms with Gasteiger partial charge in [-0.3, -0.25) is 9.69 Å². The summed E-state index contributed by atoms with van der Waals surface area (Å²) in [4.78, 5) is 15.2. The molecule has 0 aliphatic carbocycles. The number of nitrogens with zero attached hydrogens (tertiary/aromatic N) is 4. The molecule has 170 valence electrons. The number of para-hydroxylation sites is 1. The lowest BCUT2D eigenvalue weighted by Gasteiger charge is -2.24. The van der Waals surface area contributed by atoms with Gasteiger partial charge < -0.3 is 14.3 Å². The average Bonchev–Trinajstić information content (AvgIpc) is 3.42. The zero-order valence-electron chi connectivity index (χ0n) is 19.2. The van der Waals surface area contributed by atoms with Gasteiger partial charge in [0.1, 0.15) is 6.54 Å². The Balaban J connectivity index is 1.38. The lowest BCUT2D eigenvalue weighted by molar-refractivity contribution is -0.116. The molecule has 1 aliphatic heterocycles. The molecule has 0 atom stereocenters. The summed E-state index contributed by atoms with van der Waals surface area (Å²) in [6.45, 7) is 7.09. The third-order valence-corrected chi connectivity index (χ3v) is 6.49. The fourth-order valence-corrected chi connectivity index (χ4v) is 4.51. The van der Waals surface area contributed by atoms with Crippen molar-refractivity contribution in [1.29, 1.82) is 0 Å². The van der Waals surface area contributed by atoms with Crippen molar-refractivity contribution >= 4 is 22.5 Å². The van der Waals surface area contributed by atoms with Crippen molar-refractivity contribution in [2.45, 2.75) is 46.2 Å². The van der Waals surface area contributed by atoms with E-state index in [0.29, 0.717) is 18.3 Å². The van der Waals surface area contributed by atoms with E-state index in [9.17, 15) is 4.79 Å². The molecule has 33 heavy (non-hydrogen) atoms. The first-order valence-corrected chi connectivity index (χ1v) is 11.6. The Morgan fingerprint density at radius 2 is 1.85 bits per heavy atom. The molecule has 0 unspecified atom stereocenters. The highest BCUT2D eigenvalue weighted by atomic mass is 16.4. The number of aryl methyl sites for hydroxylation is 1. The number of hydrogen-bond acceptors (Lipinski definition) is 5. The first-order chi connectivity index (χ1) is 16.1. The maximum atomic E-state index is 12.9. The number of likely N-dealkylation sites (tertiary alicyclic amines) is 1. The van der Waals surface area contributed by atoms with Gasteiger partial charge in [-0.15, -0.1) is 10.2 Å². The molecule has 2 aromatic heterocycles. The number of nitrogens with one attached hydrogen (secondary N) is 1. The van der Waals surface area contributed by atoms with Crippen LogP contribution < -0.4 is 5.32 Å². The van der Waals surface area contributed by atoms with Gasteiger partial charge in [0.15, 0.2) is 0 Å². The first kappa shape index (κ1) is 21.4. The van der Waals surface area contributed by atoms with Gasteiger partial charge in [0.25, 0.3) is 0 Å². The first-order valence-electron chi connectivity index (χ1n) is 11.6. The van der Waals surface area contributed by atoms with Gasteiger partial charge >= 0.3 is 0 Å². The van der Waals surface area contributed by atoms with E-state index in [0.717, 1.165) is 46.4 Å². The van der Waals surface area contributed by atoms with Crippen LogP contribution in [0.15, 0.2) is 53.1 Å². The fraction of sp³-hybridized carbons (Fsp3) is 0.346. The van der Waals surface area contributed by atoms with Crippen molar-refractivity contribution in [1.82, 2.24) is 19.7 Å². The fourth-order valence-electron chi connectivity index (χ4n) is 4.51. The third-order valence-electron chi connectivity index (χ3n) is 6.49. The monoisotopic (exact) mass is 443 g/mol. The van der Waals surface area contributed by atoms with Crippen molar-refractivity contribution in [3.63, 3.8) is 0 Å². The Kier molecular flexibility index (Phi) is 5.96. The number of benzene rings is 2. The molecule has 4 aromatic rings. The van der Waals surface area contributed by atoms with E-state index in [1.807, 2.05) is 67.1 Å². The summed E-state index contributed by atoms with van der Waals surface area (Å²) in [5, 5.41) is 12.7. The molecule has 0 bridgehead atoms. The molecule has 7 nitrogen and oxygen atoms in total. The van der Waals surface area contributed by atoms with Gasteiger partial charge in [0, 0.05) is 22.8 Å². The van der Waals surface area contributed by atoms with Crippen molar-refractivity contribution in [2.75, 3.05) is 18.4 Å². The smallest absolute Gasteiger partial charge is 0.249 e. The lowest BCUT2D eigenvalue weighted by Crippen LogP contribution is -2.29. The number of rotatable bonds is 6. The molecule has 1 N–H and O–H groups in total. The van der Waals surface area contributed by atoms with Gasteiger partial charge in [-0.2, -0.15) is 0 Å². The maximum absolute atomic E-state index is 12.9. The molecule has 7 heteroatoms. The molecule has 3 heterocycles. The zero-order valence-corrected chi connectivity index (χ0v) is 19.2. The van der Waals surface area contributed by atoms with Crippen LogP contribution in [0.5, 0.6) is 0 Å². The van der Waals surface area contributed by atoms with Gasteiger partial charge in [-0.05, 0) is 63.0 Å². The van der Waals surface area contributed by atoms with E-state index in [1.165, 1.54) is 19.3 Å². The summed E-state index contributed by atoms with van der Waals surface area (Å²) in [5.74, 6) is 1.05. The van der Waals surface area contributed by atoms with E-state index in [1.54, 1.807) is 0 Å². The minimum Gasteiger partial charge on any atom is -0.419 e. The van der Waals surface area contributed by atoms with Crippen molar-refractivity contribution in [3.8, 4) is 11.5 Å². The molecule has 0 spiro atoms. The Morgan fingerprint density at radius 1 is 1.03 bits per heavy atom. The second-order valence-electron chi connectivity index (χ2n) is 8.82. The van der Waals surface area contributed by atoms with Crippen molar-refractivity contribution in [2.24, 2.45) is 0 Å². The van der Waals surface area contributed by atoms with E-state index < -0.39 is 0 Å². The highest BCUT2D eigenvalue weighted by Gasteiger charge is 2.19. The highest BCUT2D eigenvalue weighted by Crippen LogP contribution is 2.30. The Labute approximate surface area is 193 Å². The number of carbonyl (C=O) groups is 1. The molecule has 1 amide bonds. The Morgan fingerprint density at radius 3 is 2.70 bits per heavy atom. The molecule has 2 aromatic carbocycles. The van der Waals surface area contributed by atoms with Crippen LogP contribution in [0.3, 0.4) is 0 Å². The van der Waals surface area contributed by atoms with Crippen LogP contribution in [0.25, 0.3) is 22.4 Å². The second kappa shape index (κ2) is 9.19. The number of hydrogen-bond donors (Lipinski definition) is 1. The van der Waals surface area contributed by atoms with Crippen LogP contribution in [0, 0.1) is 13.8 Å². The normalized spacial score (nSPS) is 14.6. The summed E-state index contributed by atoms with van der Waals surface area (Å²) in [6.07, 6.45) is 5.67. The molecular weight excluding hydrogens is 414 g/mol. The van der Waals surface area contributed by atoms with Crippen LogP contribution >= 0.6 is 0 Å². The van der Waals surface area contributed by atoms with E-state index in [2.05, 4.69) is 20.4 Å². The Bertz CT molecular complexity index is 1280. The van der Waals surface area contributed by atoms with E-state index in [4.69, 9.17) is 4.42 Å². The molecule has 0 radical (unpaired) electrons. The summed E-state index contributed by atoms with van der Waals surface area (Å²) in [6, 6.07) is 13.9. The van der Waals surface area contributed by atoms with Crippen LogP contribution in [0.4, 0.5) is 5.69 Å². The molecule has 0 saturated carbocycles. The maximum Gasteiger partial charge on any atom is 0.249 e. The molecular formula is C26H29N5O2. The molecule has 1 saturated heterocycles. The number of fused-ring (bicyclic) bond motifs is 1. The Hall–Kier alpha value is -3.45. The average molecular weight is 444 g/mol. The highest BCUT2D eigenvalue weighted by molar-refractivity contribution is 5.97. The van der Waals surface area contributed by atoms with Gasteiger partial charge in [-0.1, -0.05) is 36.8 Å². The van der Waals surface area contributed by atoms with Gasteiger partial charge in [0.05, 0.1) is 12.1 Å². The zero-order chi connectivity index (χ0) is 22.8. The summed E-state index contributed by atoms with van der Waals surface area (Å²) < 4.78 is 7.99. The van der Waals surface area contributed by atoms with Crippen LogP contribution in [-0.4, -0.2) is 38.7 Å². The summed E-state index contributed by atoms with van der Waals surface area (Å²) >= 11 is 0. The lowest BCUT2D eigenvalue weighted by atomic mass is 10.1. The molecule has 1 aliphatic rings. The largest absolute Gasteiger partial charge is 0.419 e. The minimum absolute atomic E-state index is 0.0766. The minimum atomic E-state index is -0.0766. The SMILES string of the molecule is Cc1cccc(NC(=O)Cn2cc(-c3nnc(CN4CCCCC4)o3)c3ccccc32)c1C. The summed E-state index contributed by atoms with van der Waals surface area (Å²) in [5.41, 5.74) is 4.88. The van der Waals surface area contributed by atoms with Crippen molar-refractivity contribution in [3.05, 3.63) is 65.7 Å². The van der Waals surface area contributed by atoms with Gasteiger partial charge in [-0.25, -0.2) is 0 Å². The number of aromatic nitrogens is 3. The topological polar surface area (TPSA) is 76.2 Å². The van der Waals surface area contributed by atoms with E-state index >= 15 is 0 Å². The standard InChI is InChI=1S/C26H29N5O2/c1-18-9-8-11-22(19(18)2)27-24(32)16-31-15-21(20-10-4-5-12-23(20)31)26-29-28-25(33-26)17-30-13-6-3-7-14-30/h4-5,8-12,15H,3,6-7,13-14,16-17H2,1-2H3,(H,27,32). The van der Waals surface area contributed by atoms with Crippen molar-refractivity contribution < 1.29 is 9.21 Å². The molecule has 5 rings (SSSR count). The quantitative estimate of drug-likeness (QED) is 0.457. The second-order valence-corrected chi connectivity index (χ2v) is 8.82. The number of piperidine rings is 1. The van der Waals surface area contributed by atoms with Crippen LogP contribution in [0.2, 0.25) is 0 Å². The van der Waals surface area contributed by atoms with Crippen LogP contribution in [0.1, 0.15) is 36.3 Å².